The summed E-state index contributed by atoms with van der Waals surface area (Å²) < 4.78 is 5.17. The SMILES string of the molecule is CCCCCCCCCCCCC(=O)N1CCCCC1CNC(=O)CCNC(=O)OC(C)(C)C. The van der Waals surface area contributed by atoms with Crippen molar-refractivity contribution >= 4 is 17.9 Å². The van der Waals surface area contributed by atoms with E-state index in [1.807, 2.05) is 4.90 Å². The molecular weight excluding hydrogens is 430 g/mol. The smallest absolute Gasteiger partial charge is 0.407 e. The van der Waals surface area contributed by atoms with Crippen LogP contribution in [0.3, 0.4) is 0 Å². The summed E-state index contributed by atoms with van der Waals surface area (Å²) in [5, 5.41) is 5.54. The molecule has 1 fully saturated rings. The van der Waals surface area contributed by atoms with Crippen molar-refractivity contribution in [3.8, 4) is 0 Å². The van der Waals surface area contributed by atoms with Gasteiger partial charge in [0.15, 0.2) is 0 Å². The Morgan fingerprint density at radius 2 is 1.47 bits per heavy atom. The van der Waals surface area contributed by atoms with Crippen molar-refractivity contribution in [1.29, 1.82) is 0 Å². The summed E-state index contributed by atoms with van der Waals surface area (Å²) in [5.74, 6) is 0.105. The van der Waals surface area contributed by atoms with Gasteiger partial charge in [0.05, 0.1) is 0 Å². The molecule has 1 saturated heterocycles. The molecule has 1 atom stereocenters. The fourth-order valence-electron chi connectivity index (χ4n) is 4.36. The Balaban J connectivity index is 2.19. The molecule has 34 heavy (non-hydrogen) atoms. The van der Waals surface area contributed by atoms with Gasteiger partial charge in [0, 0.05) is 38.5 Å². The Bertz CT molecular complexity index is 589. The second-order valence-corrected chi connectivity index (χ2v) is 10.7. The molecule has 1 aliphatic rings. The van der Waals surface area contributed by atoms with Gasteiger partial charge in [0.25, 0.3) is 0 Å². The van der Waals surface area contributed by atoms with Crippen LogP contribution in [0.25, 0.3) is 0 Å². The summed E-state index contributed by atoms with van der Waals surface area (Å²) in [7, 11) is 0. The number of likely N-dealkylation sites (tertiary alicyclic amines) is 1. The molecule has 3 amide bonds. The largest absolute Gasteiger partial charge is 0.444 e. The van der Waals surface area contributed by atoms with E-state index in [4.69, 9.17) is 4.74 Å². The minimum Gasteiger partial charge on any atom is -0.444 e. The highest BCUT2D eigenvalue weighted by atomic mass is 16.6. The fourth-order valence-corrected chi connectivity index (χ4v) is 4.36. The Labute approximate surface area is 208 Å². The van der Waals surface area contributed by atoms with E-state index in [2.05, 4.69) is 17.6 Å². The lowest BCUT2D eigenvalue weighted by Crippen LogP contribution is -2.49. The van der Waals surface area contributed by atoms with Gasteiger partial charge in [-0.05, 0) is 46.5 Å². The lowest BCUT2D eigenvalue weighted by Gasteiger charge is -2.36. The number of piperidine rings is 1. The molecular formula is C27H51N3O4. The highest BCUT2D eigenvalue weighted by Gasteiger charge is 2.26. The summed E-state index contributed by atoms with van der Waals surface area (Å²) in [6.07, 6.45) is 16.0. The molecule has 0 spiro atoms. The van der Waals surface area contributed by atoms with E-state index in [9.17, 15) is 14.4 Å². The van der Waals surface area contributed by atoms with Crippen molar-refractivity contribution in [2.24, 2.45) is 0 Å². The van der Waals surface area contributed by atoms with Crippen LogP contribution >= 0.6 is 0 Å². The molecule has 1 unspecified atom stereocenters. The maximum atomic E-state index is 12.8. The molecule has 0 radical (unpaired) electrons. The van der Waals surface area contributed by atoms with Gasteiger partial charge in [-0.25, -0.2) is 4.79 Å². The van der Waals surface area contributed by atoms with Crippen molar-refractivity contribution in [2.45, 2.75) is 136 Å². The van der Waals surface area contributed by atoms with Gasteiger partial charge in [-0.3, -0.25) is 9.59 Å². The Morgan fingerprint density at radius 1 is 0.853 bits per heavy atom. The number of rotatable bonds is 16. The molecule has 7 nitrogen and oxygen atoms in total. The third-order valence-electron chi connectivity index (χ3n) is 6.25. The monoisotopic (exact) mass is 481 g/mol. The molecule has 0 aromatic rings. The predicted molar refractivity (Wildman–Crippen MR) is 138 cm³/mol. The lowest BCUT2D eigenvalue weighted by molar-refractivity contribution is -0.135. The zero-order valence-corrected chi connectivity index (χ0v) is 22.4. The van der Waals surface area contributed by atoms with Crippen molar-refractivity contribution in [1.82, 2.24) is 15.5 Å². The first-order chi connectivity index (χ1) is 16.2. The number of nitrogens with zero attached hydrogens (tertiary/aromatic N) is 1. The van der Waals surface area contributed by atoms with Gasteiger partial charge in [-0.1, -0.05) is 64.7 Å². The topological polar surface area (TPSA) is 87.7 Å². The maximum Gasteiger partial charge on any atom is 0.407 e. The highest BCUT2D eigenvalue weighted by Crippen LogP contribution is 2.19. The lowest BCUT2D eigenvalue weighted by atomic mass is 10.0. The minimum atomic E-state index is -0.558. The predicted octanol–water partition coefficient (Wildman–Crippen LogP) is 5.71. The molecule has 198 valence electrons. The quantitative estimate of drug-likeness (QED) is 0.276. The van der Waals surface area contributed by atoms with Crippen molar-refractivity contribution in [3.05, 3.63) is 0 Å². The van der Waals surface area contributed by atoms with Crippen LogP contribution in [0.15, 0.2) is 0 Å². The molecule has 0 aromatic heterocycles. The number of hydrogen-bond acceptors (Lipinski definition) is 4. The van der Waals surface area contributed by atoms with Gasteiger partial charge in [-0.2, -0.15) is 0 Å². The summed E-state index contributed by atoms with van der Waals surface area (Å²) in [4.78, 5) is 38.6. The van der Waals surface area contributed by atoms with E-state index in [1.54, 1.807) is 20.8 Å². The molecule has 2 N–H and O–H groups in total. The first-order valence-corrected chi connectivity index (χ1v) is 13.8. The summed E-state index contributed by atoms with van der Waals surface area (Å²) in [5.41, 5.74) is -0.558. The Hall–Kier alpha value is -1.79. The van der Waals surface area contributed by atoms with Crippen molar-refractivity contribution < 1.29 is 19.1 Å². The Morgan fingerprint density at radius 3 is 2.09 bits per heavy atom. The van der Waals surface area contributed by atoms with Gasteiger partial charge in [0.1, 0.15) is 5.60 Å². The first-order valence-electron chi connectivity index (χ1n) is 13.8. The molecule has 1 rings (SSSR count). The van der Waals surface area contributed by atoms with E-state index in [1.165, 1.54) is 51.4 Å². The van der Waals surface area contributed by atoms with Crippen molar-refractivity contribution in [3.63, 3.8) is 0 Å². The maximum absolute atomic E-state index is 12.8. The number of amides is 3. The van der Waals surface area contributed by atoms with Gasteiger partial charge >= 0.3 is 6.09 Å². The van der Waals surface area contributed by atoms with Crippen LogP contribution in [0, 0.1) is 0 Å². The van der Waals surface area contributed by atoms with Gasteiger partial charge in [-0.15, -0.1) is 0 Å². The number of carbonyl (C=O) groups excluding carboxylic acids is 3. The number of unbranched alkanes of at least 4 members (excludes halogenated alkanes) is 9. The van der Waals surface area contributed by atoms with E-state index in [0.717, 1.165) is 38.6 Å². The summed E-state index contributed by atoms with van der Waals surface area (Å²) in [6.45, 7) is 9.14. The summed E-state index contributed by atoms with van der Waals surface area (Å²) in [6, 6.07) is 0.0761. The Kier molecular flexibility index (Phi) is 15.7. The molecule has 0 saturated carbocycles. The van der Waals surface area contributed by atoms with Crippen LogP contribution < -0.4 is 10.6 Å². The second kappa shape index (κ2) is 17.6. The second-order valence-electron chi connectivity index (χ2n) is 10.7. The summed E-state index contributed by atoms with van der Waals surface area (Å²) >= 11 is 0. The number of hydrogen-bond donors (Lipinski definition) is 2. The molecule has 7 heteroatoms. The molecule has 1 heterocycles. The average molecular weight is 482 g/mol. The van der Waals surface area contributed by atoms with E-state index < -0.39 is 11.7 Å². The van der Waals surface area contributed by atoms with Crippen LogP contribution in [0.2, 0.25) is 0 Å². The zero-order chi connectivity index (χ0) is 25.2. The molecule has 0 aromatic carbocycles. The third-order valence-corrected chi connectivity index (χ3v) is 6.25. The molecule has 0 bridgehead atoms. The average Bonchev–Trinajstić information content (AvgIpc) is 2.77. The highest BCUT2D eigenvalue weighted by molar-refractivity contribution is 5.78. The molecule has 0 aliphatic carbocycles. The van der Waals surface area contributed by atoms with Crippen LogP contribution in [0.1, 0.15) is 124 Å². The van der Waals surface area contributed by atoms with Crippen LogP contribution in [0.4, 0.5) is 4.79 Å². The zero-order valence-electron chi connectivity index (χ0n) is 22.4. The van der Waals surface area contributed by atoms with Gasteiger partial charge < -0.3 is 20.3 Å². The number of ether oxygens (including phenoxy) is 1. The fraction of sp³-hybridized carbons (Fsp3) is 0.889. The van der Waals surface area contributed by atoms with E-state index in [0.29, 0.717) is 13.0 Å². The van der Waals surface area contributed by atoms with Crippen LogP contribution in [-0.2, 0) is 14.3 Å². The van der Waals surface area contributed by atoms with Crippen LogP contribution in [0.5, 0.6) is 0 Å². The normalized spacial score (nSPS) is 16.2. The first kappa shape index (κ1) is 30.2. The van der Waals surface area contributed by atoms with E-state index in [-0.39, 0.29) is 30.8 Å². The standard InChI is InChI=1S/C27H51N3O4/c1-5-6-7-8-9-10-11-12-13-14-18-25(32)30-21-16-15-17-23(30)22-29-24(31)19-20-28-26(33)34-27(2,3)4/h23H,5-22H2,1-4H3,(H,28,33)(H,29,31). The van der Waals surface area contributed by atoms with Gasteiger partial charge in [0.2, 0.25) is 11.8 Å². The third kappa shape index (κ3) is 15.2. The molecule has 1 aliphatic heterocycles. The number of alkyl carbamates (subject to hydrolysis) is 1. The minimum absolute atomic E-state index is 0.0761. The number of carbonyl (C=O) groups is 3. The van der Waals surface area contributed by atoms with Crippen molar-refractivity contribution in [2.75, 3.05) is 19.6 Å². The van der Waals surface area contributed by atoms with Crippen LogP contribution in [-0.4, -0.2) is 54.1 Å². The van der Waals surface area contributed by atoms with E-state index >= 15 is 0 Å². The number of nitrogens with one attached hydrogen (secondary N) is 2.